The molecule has 0 aliphatic heterocycles. The van der Waals surface area contributed by atoms with Gasteiger partial charge in [-0.25, -0.2) is 0 Å². The number of para-hydroxylation sites is 3. The van der Waals surface area contributed by atoms with E-state index in [1.165, 1.54) is 0 Å². The molecule has 52 heavy (non-hydrogen) atoms. The summed E-state index contributed by atoms with van der Waals surface area (Å²) in [5.41, 5.74) is 12.3. The molecule has 11 rings (SSSR count). The van der Waals surface area contributed by atoms with Crippen molar-refractivity contribution in [1.82, 2.24) is 9.97 Å². The van der Waals surface area contributed by atoms with Gasteiger partial charge in [-0.2, -0.15) is 0 Å². The van der Waals surface area contributed by atoms with E-state index in [1.807, 2.05) is 42.7 Å². The van der Waals surface area contributed by atoms with Crippen LogP contribution >= 0.6 is 0 Å². The van der Waals surface area contributed by atoms with E-state index < -0.39 is 0 Å². The summed E-state index contributed by atoms with van der Waals surface area (Å²) in [5.74, 6) is 0. The predicted molar refractivity (Wildman–Crippen MR) is 209 cm³/mol. The van der Waals surface area contributed by atoms with E-state index in [9.17, 15) is 0 Å². The molecule has 0 aliphatic rings. The highest BCUT2D eigenvalue weighted by molar-refractivity contribution is 6.14. The molecule has 0 bridgehead atoms. The molecule has 0 saturated heterocycles. The van der Waals surface area contributed by atoms with Crippen molar-refractivity contribution in [2.45, 2.75) is 0 Å². The normalized spacial score (nSPS) is 11.8. The van der Waals surface area contributed by atoms with Gasteiger partial charge in [-0.3, -0.25) is 9.97 Å². The summed E-state index contributed by atoms with van der Waals surface area (Å²) in [6, 6.07) is 48.3. The van der Waals surface area contributed by atoms with Crippen LogP contribution in [-0.2, 0) is 0 Å². The molecule has 0 atom stereocenters. The molecule has 0 amide bonds. The minimum atomic E-state index is 0.831. The lowest BCUT2D eigenvalue weighted by molar-refractivity contribution is 0.668. The lowest BCUT2D eigenvalue weighted by Crippen LogP contribution is -2.10. The number of hydrogen-bond acceptors (Lipinski definition) is 6. The van der Waals surface area contributed by atoms with Gasteiger partial charge in [0.25, 0.3) is 0 Å². The predicted octanol–water partition coefficient (Wildman–Crippen LogP) is 13.0. The maximum atomic E-state index is 6.36. The second-order valence-electron chi connectivity index (χ2n) is 13.0. The van der Waals surface area contributed by atoms with Gasteiger partial charge < -0.3 is 18.2 Å². The lowest BCUT2D eigenvalue weighted by atomic mass is 10.0. The maximum absolute atomic E-state index is 6.36. The van der Waals surface area contributed by atoms with Crippen LogP contribution in [0.25, 0.3) is 88.1 Å². The van der Waals surface area contributed by atoms with Crippen molar-refractivity contribution in [3.8, 4) is 22.3 Å². The minimum absolute atomic E-state index is 0.831. The minimum Gasteiger partial charge on any atom is -0.456 e. The highest BCUT2D eigenvalue weighted by Gasteiger charge is 2.21. The summed E-state index contributed by atoms with van der Waals surface area (Å²) < 4.78 is 19.1. The summed E-state index contributed by atoms with van der Waals surface area (Å²) in [7, 11) is 0. The van der Waals surface area contributed by atoms with Crippen molar-refractivity contribution >= 4 is 82.9 Å². The highest BCUT2D eigenvalue weighted by Crippen LogP contribution is 2.45. The molecule has 0 saturated carbocycles. The molecule has 0 spiro atoms. The summed E-state index contributed by atoms with van der Waals surface area (Å²) in [6.07, 6.45) is 7.26. The first-order chi connectivity index (χ1) is 25.8. The van der Waals surface area contributed by atoms with Crippen LogP contribution in [0.1, 0.15) is 0 Å². The fourth-order valence-corrected chi connectivity index (χ4v) is 7.69. The van der Waals surface area contributed by atoms with Crippen molar-refractivity contribution in [1.29, 1.82) is 0 Å². The molecule has 0 unspecified atom stereocenters. The third-order valence-corrected chi connectivity index (χ3v) is 10.1. The molecule has 6 nitrogen and oxygen atoms in total. The van der Waals surface area contributed by atoms with Crippen molar-refractivity contribution < 1.29 is 13.3 Å². The Labute approximate surface area is 296 Å². The summed E-state index contributed by atoms with van der Waals surface area (Å²) in [6.45, 7) is 0. The molecule has 11 aromatic rings. The third kappa shape index (κ3) is 4.31. The van der Waals surface area contributed by atoms with Gasteiger partial charge in [-0.05, 0) is 65.7 Å². The van der Waals surface area contributed by atoms with Crippen LogP contribution < -0.4 is 4.90 Å². The zero-order valence-corrected chi connectivity index (χ0v) is 27.7. The third-order valence-electron chi connectivity index (χ3n) is 10.1. The average molecular weight is 670 g/mol. The van der Waals surface area contributed by atoms with Gasteiger partial charge >= 0.3 is 0 Å². The fourth-order valence-electron chi connectivity index (χ4n) is 7.69. The first kappa shape index (κ1) is 28.6. The summed E-state index contributed by atoms with van der Waals surface area (Å²) >= 11 is 0. The van der Waals surface area contributed by atoms with E-state index >= 15 is 0 Å². The van der Waals surface area contributed by atoms with Gasteiger partial charge in [0.15, 0.2) is 0 Å². The topological polar surface area (TPSA) is 68.4 Å². The smallest absolute Gasteiger partial charge is 0.143 e. The number of furan rings is 3. The second kappa shape index (κ2) is 11.2. The SMILES string of the molecule is c1ccc2c(c1)oc1cccc(N(c3ccc(-c4cccc5c4oc4ccncc45)cc3)c3ccc(-c4cccc5c4oc4ccncc45)cc3)c12. The Balaban J connectivity index is 1.06. The van der Waals surface area contributed by atoms with Gasteiger partial charge in [0.05, 0.1) is 11.1 Å². The van der Waals surface area contributed by atoms with Crippen LogP contribution in [0.5, 0.6) is 0 Å². The van der Waals surface area contributed by atoms with Crippen molar-refractivity contribution in [3.63, 3.8) is 0 Å². The molecule has 0 aliphatic carbocycles. The first-order valence-electron chi connectivity index (χ1n) is 17.2. The van der Waals surface area contributed by atoms with Gasteiger partial charge in [0.2, 0.25) is 0 Å². The largest absolute Gasteiger partial charge is 0.456 e. The van der Waals surface area contributed by atoms with E-state index in [0.717, 1.165) is 105 Å². The molecule has 244 valence electrons. The molecule has 6 heteroatoms. The van der Waals surface area contributed by atoms with Crippen LogP contribution in [0.4, 0.5) is 17.1 Å². The summed E-state index contributed by atoms with van der Waals surface area (Å²) in [4.78, 5) is 11.0. The van der Waals surface area contributed by atoms with Gasteiger partial charge in [0.1, 0.15) is 33.5 Å². The van der Waals surface area contributed by atoms with Crippen LogP contribution in [0.3, 0.4) is 0 Å². The van der Waals surface area contributed by atoms with Crippen molar-refractivity contribution in [3.05, 3.63) is 164 Å². The maximum Gasteiger partial charge on any atom is 0.143 e. The number of aromatic nitrogens is 2. The standard InChI is InChI=1S/C46H27N3O3/c1-2-12-40-36(6-1)44-39(11-5-13-43(44)50-40)49(30-18-14-28(15-19-30)32-7-3-9-34-37-26-47-24-22-41(37)51-45(32)34)31-20-16-29(17-21-31)33-8-4-10-35-38-27-48-25-23-42(38)52-46(33)35/h1-27H. The quantitative estimate of drug-likeness (QED) is 0.182. The molecule has 5 heterocycles. The Hall–Kier alpha value is -7.18. The highest BCUT2D eigenvalue weighted by atomic mass is 16.3. The zero-order valence-electron chi connectivity index (χ0n) is 27.7. The van der Waals surface area contributed by atoms with Crippen LogP contribution in [0, 0.1) is 0 Å². The number of pyridine rings is 2. The Kier molecular flexibility index (Phi) is 6.15. The van der Waals surface area contributed by atoms with E-state index in [-0.39, 0.29) is 0 Å². The number of rotatable bonds is 5. The Morgan fingerprint density at radius 3 is 1.48 bits per heavy atom. The van der Waals surface area contributed by atoms with Crippen molar-refractivity contribution in [2.24, 2.45) is 0 Å². The molecule has 0 N–H and O–H groups in total. The number of benzene rings is 6. The molecular weight excluding hydrogens is 643 g/mol. The van der Waals surface area contributed by atoms with Gasteiger partial charge in [-0.1, -0.05) is 84.9 Å². The summed E-state index contributed by atoms with van der Waals surface area (Å²) in [5, 5.41) is 6.27. The number of fused-ring (bicyclic) bond motifs is 9. The molecule has 5 aromatic heterocycles. The molecular formula is C46H27N3O3. The molecule has 0 radical (unpaired) electrons. The number of hydrogen-bond donors (Lipinski definition) is 0. The van der Waals surface area contributed by atoms with E-state index in [4.69, 9.17) is 13.3 Å². The van der Waals surface area contributed by atoms with E-state index in [0.29, 0.717) is 0 Å². The molecule has 6 aromatic carbocycles. The number of nitrogens with zero attached hydrogens (tertiary/aromatic N) is 3. The lowest BCUT2D eigenvalue weighted by Gasteiger charge is -2.26. The van der Waals surface area contributed by atoms with Crippen molar-refractivity contribution in [2.75, 3.05) is 4.90 Å². The van der Waals surface area contributed by atoms with E-state index in [2.05, 4.69) is 124 Å². The molecule has 0 fully saturated rings. The Bertz CT molecular complexity index is 2980. The number of anilines is 3. The zero-order chi connectivity index (χ0) is 34.2. The second-order valence-corrected chi connectivity index (χ2v) is 13.0. The van der Waals surface area contributed by atoms with Crippen LogP contribution in [0.15, 0.2) is 178 Å². The van der Waals surface area contributed by atoms with Gasteiger partial charge in [-0.15, -0.1) is 0 Å². The monoisotopic (exact) mass is 669 g/mol. The Morgan fingerprint density at radius 2 is 0.885 bits per heavy atom. The van der Waals surface area contributed by atoms with Gasteiger partial charge in [0, 0.05) is 74.2 Å². The van der Waals surface area contributed by atoms with Crippen LogP contribution in [0.2, 0.25) is 0 Å². The average Bonchev–Trinajstić information content (AvgIpc) is 3.90. The van der Waals surface area contributed by atoms with Crippen LogP contribution in [-0.4, -0.2) is 9.97 Å². The Morgan fingerprint density at radius 1 is 0.385 bits per heavy atom. The first-order valence-corrected chi connectivity index (χ1v) is 17.2. The fraction of sp³-hybridized carbons (Fsp3) is 0. The van der Waals surface area contributed by atoms with E-state index in [1.54, 1.807) is 12.4 Å².